The second kappa shape index (κ2) is 4.88. The Morgan fingerprint density at radius 3 is 2.31 bits per heavy atom. The van der Waals surface area contributed by atoms with Crippen molar-refractivity contribution in [1.29, 1.82) is 0 Å². The van der Waals surface area contributed by atoms with Gasteiger partial charge < -0.3 is 9.64 Å². The van der Waals surface area contributed by atoms with E-state index in [1.54, 1.807) is 0 Å². The van der Waals surface area contributed by atoms with E-state index in [-0.39, 0.29) is 5.60 Å². The summed E-state index contributed by atoms with van der Waals surface area (Å²) < 4.78 is 5.77. The second-order valence-electron chi connectivity index (χ2n) is 5.42. The van der Waals surface area contributed by atoms with Crippen molar-refractivity contribution >= 4 is 5.69 Å². The summed E-state index contributed by atoms with van der Waals surface area (Å²) in [6, 6.07) is 6.48. The van der Waals surface area contributed by atoms with Gasteiger partial charge in [-0.1, -0.05) is 12.1 Å². The molecule has 0 radical (unpaired) electrons. The first kappa shape index (κ1) is 13.0. The molecule has 0 N–H and O–H groups in total. The Labute approximate surface area is 99.2 Å². The molecule has 90 valence electrons. The van der Waals surface area contributed by atoms with E-state index in [9.17, 15) is 0 Å². The number of nitrogens with zero attached hydrogens (tertiary/aromatic N) is 1. The molecular weight excluding hydrogens is 198 g/mol. The van der Waals surface area contributed by atoms with Gasteiger partial charge >= 0.3 is 0 Å². The van der Waals surface area contributed by atoms with Crippen molar-refractivity contribution in [3.63, 3.8) is 0 Å². The molecule has 2 nitrogen and oxygen atoms in total. The molecule has 0 bridgehead atoms. The molecule has 0 aliphatic rings. The van der Waals surface area contributed by atoms with Crippen LogP contribution in [0.3, 0.4) is 0 Å². The molecule has 0 aliphatic carbocycles. The third-order valence-corrected chi connectivity index (χ3v) is 2.43. The lowest BCUT2D eigenvalue weighted by molar-refractivity contribution is -0.0149. The molecule has 0 fully saturated rings. The van der Waals surface area contributed by atoms with Crippen LogP contribution in [0.25, 0.3) is 0 Å². The van der Waals surface area contributed by atoms with Gasteiger partial charge in [-0.05, 0) is 44.9 Å². The third kappa shape index (κ3) is 3.86. The lowest BCUT2D eigenvalue weighted by atomic mass is 10.1. The predicted molar refractivity (Wildman–Crippen MR) is 70.0 cm³/mol. The van der Waals surface area contributed by atoms with Crippen molar-refractivity contribution in [2.75, 3.05) is 19.0 Å². The fourth-order valence-corrected chi connectivity index (χ4v) is 1.53. The number of aryl methyl sites for hydroxylation is 1. The first-order valence-electron chi connectivity index (χ1n) is 5.70. The molecule has 0 amide bonds. The maximum Gasteiger partial charge on any atom is 0.0724 e. The van der Waals surface area contributed by atoms with Crippen LogP contribution in [0.4, 0.5) is 5.69 Å². The quantitative estimate of drug-likeness (QED) is 0.776. The van der Waals surface area contributed by atoms with Gasteiger partial charge in [0.2, 0.25) is 0 Å². The van der Waals surface area contributed by atoms with Gasteiger partial charge in [0, 0.05) is 19.8 Å². The minimum atomic E-state index is -0.0802. The largest absolute Gasteiger partial charge is 0.377 e. The van der Waals surface area contributed by atoms with Gasteiger partial charge in [-0.2, -0.15) is 0 Å². The fraction of sp³-hybridized carbons (Fsp3) is 0.571. The summed E-state index contributed by atoms with van der Waals surface area (Å²) in [5.41, 5.74) is 3.70. The smallest absolute Gasteiger partial charge is 0.0724 e. The Kier molecular flexibility index (Phi) is 3.98. The topological polar surface area (TPSA) is 12.5 Å². The van der Waals surface area contributed by atoms with Crippen LogP contribution in [-0.4, -0.2) is 19.7 Å². The zero-order chi connectivity index (χ0) is 12.3. The minimum absolute atomic E-state index is 0.0802. The standard InChI is InChI=1S/C14H23NO/c1-11-7-8-12(9-13(11)15(5)6)10-16-14(2,3)4/h7-9H,10H2,1-6H3. The molecule has 0 aromatic heterocycles. The highest BCUT2D eigenvalue weighted by atomic mass is 16.5. The normalized spacial score (nSPS) is 11.6. The van der Waals surface area contributed by atoms with Gasteiger partial charge in [0.1, 0.15) is 0 Å². The first-order chi connectivity index (χ1) is 7.29. The number of benzene rings is 1. The molecule has 0 spiro atoms. The van der Waals surface area contributed by atoms with Gasteiger partial charge in [0.05, 0.1) is 12.2 Å². The van der Waals surface area contributed by atoms with Crippen molar-refractivity contribution < 1.29 is 4.74 Å². The molecule has 1 aromatic rings. The van der Waals surface area contributed by atoms with Crippen molar-refractivity contribution in [2.45, 2.75) is 39.9 Å². The summed E-state index contributed by atoms with van der Waals surface area (Å²) in [5.74, 6) is 0. The molecule has 0 aliphatic heterocycles. The monoisotopic (exact) mass is 221 g/mol. The van der Waals surface area contributed by atoms with Crippen LogP contribution < -0.4 is 4.90 Å². The van der Waals surface area contributed by atoms with Crippen LogP contribution in [-0.2, 0) is 11.3 Å². The van der Waals surface area contributed by atoms with E-state index in [4.69, 9.17) is 4.74 Å². The van der Waals surface area contributed by atoms with Gasteiger partial charge in [-0.25, -0.2) is 0 Å². The number of hydrogen-bond donors (Lipinski definition) is 0. The molecular formula is C14H23NO. The maximum absolute atomic E-state index is 5.77. The second-order valence-corrected chi connectivity index (χ2v) is 5.42. The average Bonchev–Trinajstić information content (AvgIpc) is 2.14. The highest BCUT2D eigenvalue weighted by Gasteiger charge is 2.10. The highest BCUT2D eigenvalue weighted by Crippen LogP contribution is 2.21. The summed E-state index contributed by atoms with van der Waals surface area (Å²) in [4.78, 5) is 2.13. The van der Waals surface area contributed by atoms with Crippen molar-refractivity contribution in [3.05, 3.63) is 29.3 Å². The van der Waals surface area contributed by atoms with Crippen LogP contribution in [0.1, 0.15) is 31.9 Å². The van der Waals surface area contributed by atoms with E-state index >= 15 is 0 Å². The summed E-state index contributed by atoms with van der Waals surface area (Å²) in [6.07, 6.45) is 0. The Balaban J connectivity index is 2.79. The molecule has 0 atom stereocenters. The molecule has 0 saturated heterocycles. The molecule has 0 saturated carbocycles. The van der Waals surface area contributed by atoms with Gasteiger partial charge in [-0.3, -0.25) is 0 Å². The van der Waals surface area contributed by atoms with E-state index in [0.29, 0.717) is 6.61 Å². The summed E-state index contributed by atoms with van der Waals surface area (Å²) in [6.45, 7) is 9.03. The average molecular weight is 221 g/mol. The van der Waals surface area contributed by atoms with Crippen molar-refractivity contribution in [3.8, 4) is 0 Å². The van der Waals surface area contributed by atoms with Crippen LogP contribution in [0.15, 0.2) is 18.2 Å². The zero-order valence-electron chi connectivity index (χ0n) is 11.3. The van der Waals surface area contributed by atoms with Crippen molar-refractivity contribution in [2.24, 2.45) is 0 Å². The number of anilines is 1. The van der Waals surface area contributed by atoms with Crippen molar-refractivity contribution in [1.82, 2.24) is 0 Å². The Bertz CT molecular complexity index is 350. The summed E-state index contributed by atoms with van der Waals surface area (Å²) >= 11 is 0. The number of rotatable bonds is 3. The maximum atomic E-state index is 5.77. The number of hydrogen-bond acceptors (Lipinski definition) is 2. The van der Waals surface area contributed by atoms with Crippen LogP contribution in [0.5, 0.6) is 0 Å². The van der Waals surface area contributed by atoms with E-state index in [1.807, 2.05) is 0 Å². The Hall–Kier alpha value is -1.02. The van der Waals surface area contributed by atoms with Gasteiger partial charge in [-0.15, -0.1) is 0 Å². The summed E-state index contributed by atoms with van der Waals surface area (Å²) in [7, 11) is 4.13. The Morgan fingerprint density at radius 1 is 1.19 bits per heavy atom. The predicted octanol–water partition coefficient (Wildman–Crippen LogP) is 3.38. The molecule has 0 heterocycles. The van der Waals surface area contributed by atoms with E-state index < -0.39 is 0 Å². The number of ether oxygens (including phenoxy) is 1. The van der Waals surface area contributed by atoms with E-state index in [1.165, 1.54) is 16.8 Å². The fourth-order valence-electron chi connectivity index (χ4n) is 1.53. The minimum Gasteiger partial charge on any atom is -0.377 e. The molecule has 2 heteroatoms. The van der Waals surface area contributed by atoms with Gasteiger partial charge in [0.25, 0.3) is 0 Å². The van der Waals surface area contributed by atoms with Gasteiger partial charge in [0.15, 0.2) is 0 Å². The van der Waals surface area contributed by atoms with E-state index in [2.05, 4.69) is 64.9 Å². The first-order valence-corrected chi connectivity index (χ1v) is 5.70. The SMILES string of the molecule is Cc1ccc(COC(C)(C)C)cc1N(C)C. The summed E-state index contributed by atoms with van der Waals surface area (Å²) in [5, 5.41) is 0. The highest BCUT2D eigenvalue weighted by molar-refractivity contribution is 5.53. The molecule has 1 rings (SSSR count). The molecule has 16 heavy (non-hydrogen) atoms. The molecule has 0 unspecified atom stereocenters. The van der Waals surface area contributed by atoms with Crippen LogP contribution in [0.2, 0.25) is 0 Å². The van der Waals surface area contributed by atoms with Crippen LogP contribution in [0, 0.1) is 6.92 Å². The van der Waals surface area contributed by atoms with Crippen LogP contribution >= 0.6 is 0 Å². The lowest BCUT2D eigenvalue weighted by Crippen LogP contribution is -2.19. The third-order valence-electron chi connectivity index (χ3n) is 2.43. The zero-order valence-corrected chi connectivity index (χ0v) is 11.3. The molecule has 1 aromatic carbocycles. The lowest BCUT2D eigenvalue weighted by Gasteiger charge is -2.21. The van der Waals surface area contributed by atoms with E-state index in [0.717, 1.165) is 0 Å². The Morgan fingerprint density at radius 2 is 1.81 bits per heavy atom.